The Bertz CT molecular complexity index is 1210. The van der Waals surface area contributed by atoms with E-state index < -0.39 is 61.8 Å². The first-order chi connectivity index (χ1) is 28.8. The second-order valence-electron chi connectivity index (χ2n) is 16.5. The quantitative estimate of drug-likeness (QED) is 0.0490. The average molecular weight is 834 g/mol. The number of rotatable bonds is 34. The first-order valence-electron chi connectivity index (χ1n) is 23.6. The van der Waals surface area contributed by atoms with Crippen molar-refractivity contribution in [3.05, 3.63) is 35.9 Å². The predicted octanol–water partition coefficient (Wildman–Crippen LogP) is 9.54. The van der Waals surface area contributed by atoms with E-state index in [2.05, 4.69) is 13.8 Å². The normalized spacial score (nSPS) is 19.1. The fraction of sp³-hybridized carbons (Fsp3) is 0.809. The highest BCUT2D eigenvalue weighted by molar-refractivity contribution is 5.93. The number of aliphatic hydroxyl groups excluding tert-OH is 3. The summed E-state index contributed by atoms with van der Waals surface area (Å²) in [5, 5.41) is 32.6. The van der Waals surface area contributed by atoms with Gasteiger partial charge >= 0.3 is 12.2 Å². The van der Waals surface area contributed by atoms with E-state index in [0.717, 1.165) is 44.9 Å². The number of nitrogens with zero attached hydrogens (tertiary/aromatic N) is 2. The fourth-order valence-electron chi connectivity index (χ4n) is 7.88. The Morgan fingerprint density at radius 3 is 1.54 bits per heavy atom. The number of hydrogen-bond donors (Lipinski definition) is 4. The minimum atomic E-state index is -1.80. The van der Waals surface area contributed by atoms with Crippen LogP contribution in [0.1, 0.15) is 186 Å². The van der Waals surface area contributed by atoms with Crippen LogP contribution in [-0.4, -0.2) is 100 Å². The van der Waals surface area contributed by atoms with E-state index in [1.165, 1.54) is 114 Å². The maximum absolute atomic E-state index is 13.9. The van der Waals surface area contributed by atoms with Gasteiger partial charge < -0.3 is 35.3 Å². The fourth-order valence-corrected chi connectivity index (χ4v) is 7.88. The topological polar surface area (TPSA) is 172 Å². The molecule has 0 aromatic heterocycles. The molecule has 0 spiro atoms. The molecule has 2 rings (SSSR count). The van der Waals surface area contributed by atoms with Gasteiger partial charge in [0.25, 0.3) is 0 Å². The van der Waals surface area contributed by atoms with Crippen LogP contribution in [-0.2, 0) is 25.6 Å². The third-order valence-corrected chi connectivity index (χ3v) is 11.5. The standard InChI is InChI=1S/C47H83N3O9/c1-3-5-7-9-11-13-15-16-17-18-19-20-21-23-25-30-34-49(46(55)57-35-31-26-24-22-14-12-10-8-6-4-2)45-42(44(54)43(53)40(37-51)59-45)50(41(52)36-48)47(56)58-38-39-32-28-27-29-33-39/h27-29,32-33,40,42-45,51,53-54H,3-26,30-31,34-38,48H2,1-2H3/t40-,42-,43+,44-,45-/m1/s1. The second kappa shape index (κ2) is 33.9. The van der Waals surface area contributed by atoms with Crippen molar-refractivity contribution in [1.82, 2.24) is 9.80 Å². The van der Waals surface area contributed by atoms with Crippen LogP contribution >= 0.6 is 0 Å². The first-order valence-corrected chi connectivity index (χ1v) is 23.6. The zero-order chi connectivity index (χ0) is 42.9. The Hall–Kier alpha value is -2.77. The molecule has 5 atom stereocenters. The van der Waals surface area contributed by atoms with Crippen molar-refractivity contribution in [2.24, 2.45) is 5.73 Å². The van der Waals surface area contributed by atoms with Gasteiger partial charge in [-0.3, -0.25) is 9.69 Å². The minimum Gasteiger partial charge on any atom is -0.449 e. The second-order valence-corrected chi connectivity index (χ2v) is 16.5. The smallest absolute Gasteiger partial charge is 0.417 e. The molecule has 1 fully saturated rings. The van der Waals surface area contributed by atoms with E-state index in [0.29, 0.717) is 23.3 Å². The summed E-state index contributed by atoms with van der Waals surface area (Å²) < 4.78 is 17.4. The van der Waals surface area contributed by atoms with E-state index in [-0.39, 0.29) is 19.8 Å². The molecule has 5 N–H and O–H groups in total. The molecular weight excluding hydrogens is 751 g/mol. The summed E-state index contributed by atoms with van der Waals surface area (Å²) >= 11 is 0. The summed E-state index contributed by atoms with van der Waals surface area (Å²) in [4.78, 5) is 42.9. The molecule has 0 unspecified atom stereocenters. The molecule has 0 aliphatic carbocycles. The molecule has 12 nitrogen and oxygen atoms in total. The Labute approximate surface area is 356 Å². The maximum Gasteiger partial charge on any atom is 0.417 e. The molecule has 1 heterocycles. The van der Waals surface area contributed by atoms with Crippen molar-refractivity contribution in [2.45, 2.75) is 218 Å². The van der Waals surface area contributed by atoms with Crippen molar-refractivity contribution in [2.75, 3.05) is 26.3 Å². The lowest BCUT2D eigenvalue weighted by Gasteiger charge is -2.48. The van der Waals surface area contributed by atoms with Crippen LogP contribution in [0.4, 0.5) is 9.59 Å². The SMILES string of the molecule is CCCCCCCCCCCCCCCCCCN(C(=O)OCCCCCCCCCCCC)[C@@H]1O[C@H](CO)[C@H](O)[C@H](O)[C@H]1N(C(=O)CN)C(=O)OCc1ccccc1. The number of imide groups is 1. The van der Waals surface area contributed by atoms with Gasteiger partial charge in [0.1, 0.15) is 31.0 Å². The lowest BCUT2D eigenvalue weighted by molar-refractivity contribution is -0.240. The number of unbranched alkanes of at least 4 members (excludes halogenated alkanes) is 24. The summed E-state index contributed by atoms with van der Waals surface area (Å²) in [7, 11) is 0. The first kappa shape index (κ1) is 52.4. The number of ether oxygens (including phenoxy) is 3. The Balaban J connectivity index is 2.07. The number of hydrogen-bond acceptors (Lipinski definition) is 10. The van der Waals surface area contributed by atoms with Gasteiger partial charge in [-0.25, -0.2) is 14.5 Å². The molecule has 0 radical (unpaired) electrons. The van der Waals surface area contributed by atoms with E-state index in [9.17, 15) is 29.7 Å². The van der Waals surface area contributed by atoms with Crippen LogP contribution in [0.25, 0.3) is 0 Å². The third kappa shape index (κ3) is 21.5. The van der Waals surface area contributed by atoms with Gasteiger partial charge in [0.2, 0.25) is 5.91 Å². The highest BCUT2D eigenvalue weighted by Crippen LogP contribution is 2.30. The number of benzene rings is 1. The summed E-state index contributed by atoms with van der Waals surface area (Å²) in [5.41, 5.74) is 6.43. The maximum atomic E-state index is 13.9. The van der Waals surface area contributed by atoms with Gasteiger partial charge in [-0.05, 0) is 18.4 Å². The molecular formula is C47H83N3O9. The lowest BCUT2D eigenvalue weighted by atomic mass is 9.94. The molecule has 1 aliphatic heterocycles. The molecule has 1 saturated heterocycles. The molecule has 59 heavy (non-hydrogen) atoms. The van der Waals surface area contributed by atoms with E-state index in [1.54, 1.807) is 24.3 Å². The number of carbonyl (C=O) groups excluding carboxylic acids is 3. The largest absolute Gasteiger partial charge is 0.449 e. The monoisotopic (exact) mass is 834 g/mol. The molecule has 0 saturated carbocycles. The number of nitrogens with two attached hydrogens (primary N) is 1. The van der Waals surface area contributed by atoms with Crippen molar-refractivity contribution in [3.8, 4) is 0 Å². The van der Waals surface area contributed by atoms with Gasteiger partial charge in [-0.2, -0.15) is 0 Å². The molecule has 1 aliphatic rings. The molecule has 3 amide bonds. The van der Waals surface area contributed by atoms with Crippen LogP contribution < -0.4 is 5.73 Å². The van der Waals surface area contributed by atoms with Gasteiger partial charge in [0, 0.05) is 6.54 Å². The van der Waals surface area contributed by atoms with E-state index >= 15 is 0 Å². The van der Waals surface area contributed by atoms with Gasteiger partial charge in [-0.1, -0.05) is 198 Å². The van der Waals surface area contributed by atoms with Crippen molar-refractivity contribution in [3.63, 3.8) is 0 Å². The lowest BCUT2D eigenvalue weighted by Crippen LogP contribution is -2.70. The number of aliphatic hydroxyl groups is 3. The third-order valence-electron chi connectivity index (χ3n) is 11.5. The molecule has 1 aromatic carbocycles. The van der Waals surface area contributed by atoms with Crippen molar-refractivity contribution < 1.29 is 43.9 Å². The predicted molar refractivity (Wildman–Crippen MR) is 234 cm³/mol. The summed E-state index contributed by atoms with van der Waals surface area (Å²) in [6.07, 6.45) is 22.3. The molecule has 1 aromatic rings. The molecule has 0 bridgehead atoms. The summed E-state index contributed by atoms with van der Waals surface area (Å²) in [6, 6.07) is 7.29. The van der Waals surface area contributed by atoms with Gasteiger partial charge in [0.05, 0.1) is 19.8 Å². The van der Waals surface area contributed by atoms with Crippen LogP contribution in [0.15, 0.2) is 30.3 Å². The molecule has 12 heteroatoms. The summed E-state index contributed by atoms with van der Waals surface area (Å²) in [5.74, 6) is -0.892. The van der Waals surface area contributed by atoms with Crippen LogP contribution in [0, 0.1) is 0 Å². The van der Waals surface area contributed by atoms with Crippen LogP contribution in [0.3, 0.4) is 0 Å². The van der Waals surface area contributed by atoms with Gasteiger partial charge in [0.15, 0.2) is 6.23 Å². The van der Waals surface area contributed by atoms with Crippen molar-refractivity contribution in [1.29, 1.82) is 0 Å². The van der Waals surface area contributed by atoms with Crippen LogP contribution in [0.5, 0.6) is 0 Å². The van der Waals surface area contributed by atoms with E-state index in [4.69, 9.17) is 19.9 Å². The minimum absolute atomic E-state index is 0.140. The van der Waals surface area contributed by atoms with Crippen LogP contribution in [0.2, 0.25) is 0 Å². The summed E-state index contributed by atoms with van der Waals surface area (Å²) in [6.45, 7) is 3.32. The zero-order valence-corrected chi connectivity index (χ0v) is 37.0. The van der Waals surface area contributed by atoms with Crippen molar-refractivity contribution >= 4 is 18.1 Å². The molecule has 340 valence electrons. The number of amides is 3. The highest BCUT2D eigenvalue weighted by atomic mass is 16.6. The van der Waals surface area contributed by atoms with E-state index in [1.807, 2.05) is 6.07 Å². The highest BCUT2D eigenvalue weighted by Gasteiger charge is 2.53. The van der Waals surface area contributed by atoms with Gasteiger partial charge in [-0.15, -0.1) is 0 Å². The Morgan fingerprint density at radius 1 is 0.627 bits per heavy atom. The Morgan fingerprint density at radius 2 is 1.08 bits per heavy atom. The zero-order valence-electron chi connectivity index (χ0n) is 37.0. The number of carbonyl (C=O) groups is 3. The Kier molecular flexibility index (Phi) is 30.1. The average Bonchev–Trinajstić information content (AvgIpc) is 3.25.